The average Bonchev–Trinajstić information content (AvgIpc) is 2.74. The molecule has 3 aromatic carbocycles. The van der Waals surface area contributed by atoms with E-state index in [1.807, 2.05) is 31.2 Å². The first kappa shape index (κ1) is 20.9. The van der Waals surface area contributed by atoms with Crippen molar-refractivity contribution in [2.24, 2.45) is 0 Å². The Morgan fingerprint density at radius 3 is 2.65 bits per heavy atom. The van der Waals surface area contributed by atoms with Crippen LogP contribution in [0.3, 0.4) is 0 Å². The van der Waals surface area contributed by atoms with E-state index in [1.54, 1.807) is 18.2 Å². The molecule has 0 radical (unpaired) electrons. The highest BCUT2D eigenvalue weighted by Crippen LogP contribution is 2.42. The van der Waals surface area contributed by atoms with Crippen LogP contribution in [0.5, 0.6) is 5.75 Å². The van der Waals surface area contributed by atoms with E-state index in [2.05, 4.69) is 5.32 Å². The Balaban J connectivity index is 1.48. The number of ether oxygens (including phenoxy) is 1. The Hall–Kier alpha value is -3.39. The van der Waals surface area contributed by atoms with Gasteiger partial charge in [0.2, 0.25) is 5.91 Å². The van der Waals surface area contributed by atoms with Crippen molar-refractivity contribution in [3.05, 3.63) is 78.1 Å². The zero-order valence-electron chi connectivity index (χ0n) is 16.8. The van der Waals surface area contributed by atoms with E-state index in [0.717, 1.165) is 9.87 Å². The fourth-order valence-electron chi connectivity index (χ4n) is 3.52. The zero-order chi connectivity index (χ0) is 22.0. The summed E-state index contributed by atoms with van der Waals surface area (Å²) in [4.78, 5) is 12.6. The molecule has 0 atom stereocenters. The average molecular weight is 440 g/mol. The molecule has 1 aliphatic heterocycles. The van der Waals surface area contributed by atoms with Gasteiger partial charge in [-0.15, -0.1) is 0 Å². The fraction of sp³-hybridized carbons (Fsp3) is 0.174. The molecule has 0 spiro atoms. The lowest BCUT2D eigenvalue weighted by Gasteiger charge is -2.31. The first-order valence-corrected chi connectivity index (χ1v) is 11.2. The smallest absolute Gasteiger partial charge is 0.265 e. The minimum absolute atomic E-state index is 0.0451. The fourth-order valence-corrected chi connectivity index (χ4v) is 5.17. The number of nitrogens with one attached hydrogen (secondary N) is 1. The summed E-state index contributed by atoms with van der Waals surface area (Å²) >= 11 is 0. The van der Waals surface area contributed by atoms with Gasteiger partial charge in [0.1, 0.15) is 24.7 Å². The predicted octanol–water partition coefficient (Wildman–Crippen LogP) is 3.51. The van der Waals surface area contributed by atoms with Crippen molar-refractivity contribution in [1.29, 1.82) is 0 Å². The maximum Gasteiger partial charge on any atom is 0.265 e. The second-order valence-electron chi connectivity index (χ2n) is 7.18. The van der Waals surface area contributed by atoms with Crippen LogP contribution in [0.4, 0.5) is 10.1 Å². The van der Waals surface area contributed by atoms with Crippen molar-refractivity contribution >= 4 is 21.6 Å². The molecule has 0 saturated carbocycles. The molecule has 160 valence electrons. The highest BCUT2D eigenvalue weighted by atomic mass is 32.2. The Morgan fingerprint density at radius 1 is 1.03 bits per heavy atom. The second-order valence-corrected chi connectivity index (χ2v) is 9.01. The maximum absolute atomic E-state index is 13.9. The number of anilines is 1. The number of sulfonamides is 1. The molecule has 0 unspecified atom stereocenters. The van der Waals surface area contributed by atoms with Crippen molar-refractivity contribution in [3.8, 4) is 16.9 Å². The first-order chi connectivity index (χ1) is 14.9. The number of carbonyl (C=O) groups is 1. The molecule has 0 aliphatic carbocycles. The Morgan fingerprint density at radius 2 is 1.84 bits per heavy atom. The topological polar surface area (TPSA) is 75.7 Å². The highest BCUT2D eigenvalue weighted by molar-refractivity contribution is 7.93. The van der Waals surface area contributed by atoms with Gasteiger partial charge in [0.05, 0.1) is 17.1 Å². The third-order valence-corrected chi connectivity index (χ3v) is 6.76. The molecule has 1 amide bonds. The lowest BCUT2D eigenvalue weighted by Crippen LogP contribution is -2.43. The summed E-state index contributed by atoms with van der Waals surface area (Å²) in [6.07, 6.45) is 0. The molecule has 1 aliphatic rings. The summed E-state index contributed by atoms with van der Waals surface area (Å²) in [5, 5.41) is 2.67. The molecule has 3 aromatic rings. The summed E-state index contributed by atoms with van der Waals surface area (Å²) in [5.41, 5.74) is 2.18. The van der Waals surface area contributed by atoms with Crippen molar-refractivity contribution in [2.75, 3.05) is 24.0 Å². The van der Waals surface area contributed by atoms with Crippen LogP contribution in [0.15, 0.2) is 71.6 Å². The molecule has 1 heterocycles. The second kappa shape index (κ2) is 8.39. The van der Waals surface area contributed by atoms with Gasteiger partial charge in [-0.25, -0.2) is 12.8 Å². The number of nitrogens with zero attached hydrogens (tertiary/aromatic N) is 1. The number of carbonyl (C=O) groups excluding carboxylic acids is 1. The van der Waals surface area contributed by atoms with Crippen molar-refractivity contribution in [3.63, 3.8) is 0 Å². The normalized spacial score (nSPS) is 13.8. The summed E-state index contributed by atoms with van der Waals surface area (Å²) in [5.74, 6) is -0.267. The van der Waals surface area contributed by atoms with Gasteiger partial charge in [0, 0.05) is 11.1 Å². The van der Waals surface area contributed by atoms with Gasteiger partial charge in [-0.1, -0.05) is 30.3 Å². The molecule has 1 N–H and O–H groups in total. The molecule has 4 rings (SSSR count). The number of rotatable bonds is 6. The number of hydrogen-bond acceptors (Lipinski definition) is 4. The molecule has 8 heteroatoms. The summed E-state index contributed by atoms with van der Waals surface area (Å²) in [6.45, 7) is 2.00. The number of fused-ring (bicyclic) bond motifs is 3. The molecule has 31 heavy (non-hydrogen) atoms. The van der Waals surface area contributed by atoms with Gasteiger partial charge in [0.15, 0.2) is 0 Å². The summed E-state index contributed by atoms with van der Waals surface area (Å²) in [6, 6.07) is 17.8. The number of halogens is 1. The SMILES string of the molecule is Cc1cccc(OCCNC(=O)CN2c3ccc(F)cc3-c3ccccc3S2(=O)=O)c1. The molecule has 0 aromatic heterocycles. The van der Waals surface area contributed by atoms with Crippen molar-refractivity contribution < 1.29 is 22.3 Å². The largest absolute Gasteiger partial charge is 0.492 e. The minimum Gasteiger partial charge on any atom is -0.492 e. The number of hydrogen-bond donors (Lipinski definition) is 1. The minimum atomic E-state index is -3.96. The van der Waals surface area contributed by atoms with Crippen LogP contribution in [0.1, 0.15) is 5.56 Å². The van der Waals surface area contributed by atoms with Gasteiger partial charge < -0.3 is 10.1 Å². The lowest BCUT2D eigenvalue weighted by atomic mass is 10.0. The van der Waals surface area contributed by atoms with Gasteiger partial charge in [-0.05, 0) is 48.9 Å². The monoisotopic (exact) mass is 440 g/mol. The highest BCUT2D eigenvalue weighted by Gasteiger charge is 2.35. The molecule has 0 fully saturated rings. The van der Waals surface area contributed by atoms with Crippen molar-refractivity contribution in [1.82, 2.24) is 5.32 Å². The van der Waals surface area contributed by atoms with Gasteiger partial charge >= 0.3 is 0 Å². The quantitative estimate of drug-likeness (QED) is 0.596. The van der Waals surface area contributed by atoms with Gasteiger partial charge in [-0.3, -0.25) is 9.10 Å². The number of benzene rings is 3. The molecule has 0 bridgehead atoms. The molecule has 0 saturated heterocycles. The van der Waals surface area contributed by atoms with Gasteiger partial charge in [-0.2, -0.15) is 0 Å². The number of aryl methyl sites for hydroxylation is 1. The Kier molecular flexibility index (Phi) is 5.65. The van der Waals surface area contributed by atoms with Crippen LogP contribution in [0, 0.1) is 12.7 Å². The van der Waals surface area contributed by atoms with Crippen LogP contribution < -0.4 is 14.4 Å². The zero-order valence-corrected chi connectivity index (χ0v) is 17.7. The summed E-state index contributed by atoms with van der Waals surface area (Å²) < 4.78 is 46.8. The van der Waals surface area contributed by atoms with E-state index < -0.39 is 28.3 Å². The maximum atomic E-state index is 13.9. The number of amides is 1. The van der Waals surface area contributed by atoms with Crippen LogP contribution in [-0.2, 0) is 14.8 Å². The lowest BCUT2D eigenvalue weighted by molar-refractivity contribution is -0.119. The third kappa shape index (κ3) is 4.25. The van der Waals surface area contributed by atoms with Crippen LogP contribution in [0.25, 0.3) is 11.1 Å². The van der Waals surface area contributed by atoms with E-state index in [4.69, 9.17) is 4.74 Å². The Labute approximate surface area is 180 Å². The summed E-state index contributed by atoms with van der Waals surface area (Å²) in [7, 11) is -3.96. The van der Waals surface area contributed by atoms with Crippen molar-refractivity contribution in [2.45, 2.75) is 11.8 Å². The standard InChI is InChI=1S/C23H21FN2O4S/c1-16-5-4-6-18(13-16)30-12-11-25-23(27)15-26-21-10-9-17(24)14-20(21)19-7-2-3-8-22(19)31(26,28)29/h2-10,13-14H,11-12,15H2,1H3,(H,25,27). The van der Waals surface area contributed by atoms with E-state index in [1.165, 1.54) is 24.3 Å². The van der Waals surface area contributed by atoms with E-state index in [9.17, 15) is 17.6 Å². The first-order valence-electron chi connectivity index (χ1n) is 9.74. The predicted molar refractivity (Wildman–Crippen MR) is 116 cm³/mol. The van der Waals surface area contributed by atoms with E-state index >= 15 is 0 Å². The Bertz CT molecular complexity index is 1240. The third-order valence-electron chi connectivity index (χ3n) is 4.94. The van der Waals surface area contributed by atoms with Crippen LogP contribution in [0.2, 0.25) is 0 Å². The molecular formula is C23H21FN2O4S. The molecular weight excluding hydrogens is 419 g/mol. The van der Waals surface area contributed by atoms with Gasteiger partial charge in [0.25, 0.3) is 10.0 Å². The van der Waals surface area contributed by atoms with Crippen LogP contribution in [-0.4, -0.2) is 34.0 Å². The van der Waals surface area contributed by atoms with E-state index in [0.29, 0.717) is 16.9 Å². The van der Waals surface area contributed by atoms with Crippen LogP contribution >= 0.6 is 0 Å². The molecule has 6 nitrogen and oxygen atoms in total. The van der Waals surface area contributed by atoms with E-state index in [-0.39, 0.29) is 23.7 Å².